The number of hydrogen-bond acceptors (Lipinski definition) is 3. The first-order valence-corrected chi connectivity index (χ1v) is 6.41. The molecule has 0 aliphatic rings. The minimum atomic E-state index is -3.01. The van der Waals surface area contributed by atoms with Crippen molar-refractivity contribution in [2.75, 3.05) is 0 Å². The molecule has 0 atom stereocenters. The van der Waals surface area contributed by atoms with Crippen molar-refractivity contribution in [3.8, 4) is 0 Å². The van der Waals surface area contributed by atoms with E-state index in [1.54, 1.807) is 41.5 Å². The molecular weight excluding hydrogens is 226 g/mol. The van der Waals surface area contributed by atoms with Gasteiger partial charge in [0, 0.05) is 0 Å². The predicted molar refractivity (Wildman–Crippen MR) is 67.8 cm³/mol. The minimum absolute atomic E-state index is 0.481. The van der Waals surface area contributed by atoms with Crippen LogP contribution in [0.2, 0.25) is 0 Å². The topological polar surface area (TPSA) is 77.2 Å². The van der Waals surface area contributed by atoms with Crippen molar-refractivity contribution in [2.45, 2.75) is 51.0 Å². The smallest absolute Gasteiger partial charge is 0.240 e. The number of rotatable bonds is 1. The van der Waals surface area contributed by atoms with E-state index in [1.165, 1.54) is 0 Å². The van der Waals surface area contributed by atoms with Crippen LogP contribution in [0.4, 0.5) is 0 Å². The molecule has 0 saturated carbocycles. The summed E-state index contributed by atoms with van der Waals surface area (Å²) in [5, 5.41) is 0. The lowest BCUT2D eigenvalue weighted by Gasteiger charge is -2.29. The van der Waals surface area contributed by atoms with E-state index in [4.69, 9.17) is 0 Å². The van der Waals surface area contributed by atoms with Crippen LogP contribution in [0.25, 0.3) is 0 Å². The number of carbonyl (C=O) groups excluding carboxylic acids is 1. The summed E-state index contributed by atoms with van der Waals surface area (Å²) in [4.78, 5) is 9.47. The molecule has 0 saturated heterocycles. The van der Waals surface area contributed by atoms with Gasteiger partial charge in [0.05, 0.1) is 9.49 Å². The third-order valence-electron chi connectivity index (χ3n) is 1.81. The Morgan fingerprint density at radius 1 is 1.06 bits per heavy atom. The quantitative estimate of drug-likeness (QED) is 0.718. The van der Waals surface area contributed by atoms with Crippen molar-refractivity contribution < 1.29 is 13.2 Å². The van der Waals surface area contributed by atoms with Gasteiger partial charge in [0.25, 0.3) is 0 Å². The standard InChI is InChI=1S/C8H18O2S.C3H5NO/c1-7(2,3)11(9,10)8(4,5)6;1-2-3(4)5/h1-6H3;2H,1H2,(H2,4,5). The molecule has 5 heteroatoms. The van der Waals surface area contributed by atoms with E-state index in [1.807, 2.05) is 0 Å². The lowest BCUT2D eigenvalue weighted by atomic mass is 10.2. The largest absolute Gasteiger partial charge is 0.366 e. The average Bonchev–Trinajstić information content (AvgIpc) is 2.01. The summed E-state index contributed by atoms with van der Waals surface area (Å²) < 4.78 is 22.1. The Kier molecular flexibility index (Phi) is 6.01. The van der Waals surface area contributed by atoms with Gasteiger partial charge in [0.1, 0.15) is 0 Å². The van der Waals surface area contributed by atoms with Gasteiger partial charge < -0.3 is 5.73 Å². The van der Waals surface area contributed by atoms with E-state index in [-0.39, 0.29) is 0 Å². The van der Waals surface area contributed by atoms with Gasteiger partial charge in [-0.3, -0.25) is 4.79 Å². The summed E-state index contributed by atoms with van der Waals surface area (Å²) >= 11 is 0. The Balaban J connectivity index is 0. The third-order valence-corrected chi connectivity index (χ3v) is 5.04. The molecule has 0 unspecified atom stereocenters. The van der Waals surface area contributed by atoms with Crippen LogP contribution < -0.4 is 5.73 Å². The fraction of sp³-hybridized carbons (Fsp3) is 0.727. The van der Waals surface area contributed by atoms with Crippen molar-refractivity contribution in [3.63, 3.8) is 0 Å². The Hall–Kier alpha value is -0.840. The van der Waals surface area contributed by atoms with Gasteiger partial charge in [0.15, 0.2) is 9.84 Å². The van der Waals surface area contributed by atoms with E-state index in [2.05, 4.69) is 12.3 Å². The number of nitrogens with two attached hydrogens (primary N) is 1. The molecule has 0 bridgehead atoms. The van der Waals surface area contributed by atoms with Gasteiger partial charge in [-0.05, 0) is 47.6 Å². The number of sulfone groups is 1. The summed E-state index contributed by atoms with van der Waals surface area (Å²) in [7, 11) is -3.01. The number of carbonyl (C=O) groups is 1. The highest BCUT2D eigenvalue weighted by Crippen LogP contribution is 2.27. The van der Waals surface area contributed by atoms with E-state index < -0.39 is 25.2 Å². The molecule has 96 valence electrons. The lowest BCUT2D eigenvalue weighted by Crippen LogP contribution is -2.41. The number of hydrogen-bond donors (Lipinski definition) is 1. The van der Waals surface area contributed by atoms with Crippen molar-refractivity contribution in [2.24, 2.45) is 5.73 Å². The maximum Gasteiger partial charge on any atom is 0.240 e. The Labute approximate surface area is 98.8 Å². The average molecular weight is 249 g/mol. The van der Waals surface area contributed by atoms with Crippen molar-refractivity contribution in [1.29, 1.82) is 0 Å². The van der Waals surface area contributed by atoms with E-state index >= 15 is 0 Å². The highest BCUT2D eigenvalue weighted by molar-refractivity contribution is 7.94. The van der Waals surface area contributed by atoms with Crippen molar-refractivity contribution in [3.05, 3.63) is 12.7 Å². The Bertz CT molecular complexity index is 322. The Morgan fingerprint density at radius 2 is 1.25 bits per heavy atom. The molecule has 0 aromatic rings. The second-order valence-corrected chi connectivity index (χ2v) is 8.79. The first-order chi connectivity index (χ1) is 6.77. The fourth-order valence-corrected chi connectivity index (χ4v) is 2.76. The van der Waals surface area contributed by atoms with Crippen molar-refractivity contribution in [1.82, 2.24) is 0 Å². The fourth-order valence-electron chi connectivity index (χ4n) is 0.919. The van der Waals surface area contributed by atoms with Crippen LogP contribution in [0, 0.1) is 0 Å². The number of amides is 1. The molecule has 0 heterocycles. The normalized spacial score (nSPS) is 12.4. The lowest BCUT2D eigenvalue weighted by molar-refractivity contribution is -0.113. The summed E-state index contributed by atoms with van der Waals surface area (Å²) in [6.45, 7) is 13.5. The Morgan fingerprint density at radius 3 is 1.25 bits per heavy atom. The SMILES string of the molecule is C=CC(N)=O.CC(C)(C)S(=O)(=O)C(C)(C)C. The van der Waals surface area contributed by atoms with Crippen LogP contribution >= 0.6 is 0 Å². The zero-order chi connectivity index (χ0) is 13.8. The summed E-state index contributed by atoms with van der Waals surface area (Å²) in [5.41, 5.74) is 4.53. The third kappa shape index (κ3) is 5.30. The van der Waals surface area contributed by atoms with Gasteiger partial charge in [-0.2, -0.15) is 0 Å². The molecule has 2 N–H and O–H groups in total. The van der Waals surface area contributed by atoms with E-state index in [9.17, 15) is 13.2 Å². The molecular formula is C11H23NO3S. The van der Waals surface area contributed by atoms with E-state index in [0.29, 0.717) is 0 Å². The summed E-state index contributed by atoms with van der Waals surface area (Å²) in [5.74, 6) is -0.481. The minimum Gasteiger partial charge on any atom is -0.366 e. The molecule has 0 aromatic heterocycles. The van der Waals surface area contributed by atoms with Crippen LogP contribution in [-0.2, 0) is 14.6 Å². The van der Waals surface area contributed by atoms with Crippen LogP contribution in [0.15, 0.2) is 12.7 Å². The molecule has 4 nitrogen and oxygen atoms in total. The van der Waals surface area contributed by atoms with Gasteiger partial charge >= 0.3 is 0 Å². The zero-order valence-electron chi connectivity index (χ0n) is 11.0. The highest BCUT2D eigenvalue weighted by Gasteiger charge is 2.39. The molecule has 16 heavy (non-hydrogen) atoms. The zero-order valence-corrected chi connectivity index (χ0v) is 11.8. The van der Waals surface area contributed by atoms with Crippen LogP contribution in [0.5, 0.6) is 0 Å². The molecule has 0 aliphatic carbocycles. The molecule has 0 spiro atoms. The van der Waals surface area contributed by atoms with Gasteiger partial charge in [-0.15, -0.1) is 0 Å². The van der Waals surface area contributed by atoms with Gasteiger partial charge in [0.2, 0.25) is 5.91 Å². The maximum atomic E-state index is 11.7. The van der Waals surface area contributed by atoms with Gasteiger partial charge in [-0.1, -0.05) is 6.58 Å². The van der Waals surface area contributed by atoms with Crippen LogP contribution in [0.3, 0.4) is 0 Å². The first kappa shape index (κ1) is 17.6. The molecule has 0 rings (SSSR count). The van der Waals surface area contributed by atoms with Crippen molar-refractivity contribution >= 4 is 15.7 Å². The summed E-state index contributed by atoms with van der Waals surface area (Å²) in [6, 6.07) is 0. The second-order valence-electron chi connectivity index (χ2n) is 5.33. The van der Waals surface area contributed by atoms with Crippen LogP contribution in [0.1, 0.15) is 41.5 Å². The first-order valence-electron chi connectivity index (χ1n) is 4.93. The molecule has 0 aromatic carbocycles. The molecule has 0 radical (unpaired) electrons. The van der Waals surface area contributed by atoms with Crippen LogP contribution in [-0.4, -0.2) is 23.8 Å². The second kappa shape index (κ2) is 5.48. The predicted octanol–water partition coefficient (Wildman–Crippen LogP) is 1.66. The molecule has 1 amide bonds. The maximum absolute atomic E-state index is 11.7. The summed E-state index contributed by atoms with van der Waals surface area (Å²) in [6.07, 6.45) is 1.06. The highest BCUT2D eigenvalue weighted by atomic mass is 32.2. The molecule has 0 aliphatic heterocycles. The van der Waals surface area contributed by atoms with E-state index in [0.717, 1.165) is 6.08 Å². The molecule has 0 fully saturated rings. The number of primary amides is 1. The van der Waals surface area contributed by atoms with Gasteiger partial charge in [-0.25, -0.2) is 8.42 Å². The monoisotopic (exact) mass is 249 g/mol.